The molecule has 0 amide bonds. The molecule has 2 N–H and O–H groups in total. The Labute approximate surface area is 146 Å². The smallest absolute Gasteiger partial charge is 0.136 e. The van der Waals surface area contributed by atoms with Gasteiger partial charge in [-0.3, -0.25) is 4.79 Å². The van der Waals surface area contributed by atoms with Crippen LogP contribution in [0, 0.1) is 40.4 Å². The second-order valence-electron chi connectivity index (χ2n) is 10.0. The monoisotopic (exact) mass is 334 g/mol. The van der Waals surface area contributed by atoms with Crippen molar-refractivity contribution in [2.24, 2.45) is 40.4 Å². The Bertz CT molecular complexity index is 531. The van der Waals surface area contributed by atoms with E-state index in [1.807, 2.05) is 0 Å². The summed E-state index contributed by atoms with van der Waals surface area (Å²) < 4.78 is 0. The fourth-order valence-corrected chi connectivity index (χ4v) is 7.98. The minimum absolute atomic E-state index is 0.00376. The highest BCUT2D eigenvalue weighted by Crippen LogP contribution is 2.67. The number of aliphatic hydroxyl groups is 2. The van der Waals surface area contributed by atoms with Gasteiger partial charge in [-0.1, -0.05) is 13.8 Å². The standard InChI is InChI=1S/C21H34O3/c1-12(22)19-18(24)11-17-15-5-4-13-10-14(23)6-8-20(13,2)16(15)7-9-21(17,19)3/h13-19,23-24H,4-11H2,1-3H3/t13-,14+,15+,16+,17+,18+,19+,20-,21-/m0/s1. The van der Waals surface area contributed by atoms with Crippen LogP contribution in [0.15, 0.2) is 0 Å². The number of carbonyl (C=O) groups is 1. The highest BCUT2D eigenvalue weighted by Gasteiger charge is 2.62. The summed E-state index contributed by atoms with van der Waals surface area (Å²) in [5.74, 6) is 2.60. The summed E-state index contributed by atoms with van der Waals surface area (Å²) in [4.78, 5) is 12.2. The molecule has 4 aliphatic rings. The lowest BCUT2D eigenvalue weighted by atomic mass is 9.44. The van der Waals surface area contributed by atoms with Crippen molar-refractivity contribution in [1.29, 1.82) is 0 Å². The minimum Gasteiger partial charge on any atom is -0.393 e. The lowest BCUT2D eigenvalue weighted by molar-refractivity contribution is -0.140. The number of rotatable bonds is 1. The highest BCUT2D eigenvalue weighted by molar-refractivity contribution is 5.80. The van der Waals surface area contributed by atoms with Crippen molar-refractivity contribution in [2.45, 2.75) is 84.3 Å². The van der Waals surface area contributed by atoms with E-state index in [1.54, 1.807) is 6.92 Å². The predicted octanol–water partition coefficient (Wildman–Crippen LogP) is 3.57. The summed E-state index contributed by atoms with van der Waals surface area (Å²) in [7, 11) is 0. The number of carbonyl (C=O) groups excluding carboxylic acids is 1. The molecule has 3 nitrogen and oxygen atoms in total. The Morgan fingerprint density at radius 2 is 1.62 bits per heavy atom. The molecule has 0 aromatic carbocycles. The molecule has 0 spiro atoms. The topological polar surface area (TPSA) is 57.5 Å². The number of hydrogen-bond acceptors (Lipinski definition) is 3. The van der Waals surface area contributed by atoms with Crippen LogP contribution in [0.4, 0.5) is 0 Å². The van der Waals surface area contributed by atoms with Crippen LogP contribution >= 0.6 is 0 Å². The molecule has 4 rings (SSSR count). The maximum atomic E-state index is 12.2. The van der Waals surface area contributed by atoms with Gasteiger partial charge in [0.15, 0.2) is 0 Å². The normalized spacial score (nSPS) is 57.0. The number of Topliss-reactive ketones (excluding diaryl/α,β-unsaturated/α-hetero) is 1. The lowest BCUT2D eigenvalue weighted by Gasteiger charge is -2.60. The van der Waals surface area contributed by atoms with Gasteiger partial charge in [-0.2, -0.15) is 0 Å². The van der Waals surface area contributed by atoms with Gasteiger partial charge in [0.05, 0.1) is 12.2 Å². The van der Waals surface area contributed by atoms with Gasteiger partial charge in [0.1, 0.15) is 5.78 Å². The quantitative estimate of drug-likeness (QED) is 0.771. The molecule has 0 aromatic heterocycles. The van der Waals surface area contributed by atoms with Crippen LogP contribution < -0.4 is 0 Å². The third-order valence-electron chi connectivity index (χ3n) is 9.10. The molecule has 4 fully saturated rings. The van der Waals surface area contributed by atoms with Gasteiger partial charge >= 0.3 is 0 Å². The summed E-state index contributed by atoms with van der Waals surface area (Å²) >= 11 is 0. The van der Waals surface area contributed by atoms with Gasteiger partial charge in [-0.15, -0.1) is 0 Å². The summed E-state index contributed by atoms with van der Waals surface area (Å²) in [6, 6.07) is 0. The van der Waals surface area contributed by atoms with Crippen LogP contribution in [0.1, 0.15) is 72.1 Å². The van der Waals surface area contributed by atoms with Crippen LogP contribution in [-0.4, -0.2) is 28.2 Å². The first-order valence-corrected chi connectivity index (χ1v) is 10.1. The molecule has 0 heterocycles. The molecule has 0 radical (unpaired) electrons. The molecule has 4 aliphatic carbocycles. The van der Waals surface area contributed by atoms with E-state index < -0.39 is 6.10 Å². The number of fused-ring (bicyclic) bond motifs is 5. The van der Waals surface area contributed by atoms with Gasteiger partial charge in [-0.05, 0) is 92.8 Å². The van der Waals surface area contributed by atoms with Crippen molar-refractivity contribution >= 4 is 5.78 Å². The first-order valence-electron chi connectivity index (χ1n) is 10.1. The van der Waals surface area contributed by atoms with Crippen molar-refractivity contribution < 1.29 is 15.0 Å². The fraction of sp³-hybridized carbons (Fsp3) is 0.952. The molecule has 0 aliphatic heterocycles. The van der Waals surface area contributed by atoms with Crippen LogP contribution in [0.2, 0.25) is 0 Å². The largest absolute Gasteiger partial charge is 0.393 e. The van der Waals surface area contributed by atoms with Crippen molar-refractivity contribution in [3.05, 3.63) is 0 Å². The number of aliphatic hydroxyl groups excluding tert-OH is 2. The Kier molecular flexibility index (Phi) is 3.93. The Hall–Kier alpha value is -0.410. The molecule has 0 aromatic rings. The first kappa shape index (κ1) is 17.0. The van der Waals surface area contributed by atoms with Gasteiger partial charge in [-0.25, -0.2) is 0 Å². The Morgan fingerprint density at radius 3 is 2.33 bits per heavy atom. The molecule has 0 bridgehead atoms. The lowest BCUT2D eigenvalue weighted by Crippen LogP contribution is -2.54. The van der Waals surface area contributed by atoms with Gasteiger partial charge < -0.3 is 10.2 Å². The second-order valence-corrected chi connectivity index (χ2v) is 10.0. The predicted molar refractivity (Wildman–Crippen MR) is 93.3 cm³/mol. The molecule has 136 valence electrons. The van der Waals surface area contributed by atoms with Crippen molar-refractivity contribution in [1.82, 2.24) is 0 Å². The number of ketones is 1. The molecule has 4 saturated carbocycles. The molecule has 0 saturated heterocycles. The fourth-order valence-electron chi connectivity index (χ4n) is 7.98. The molecule has 9 atom stereocenters. The van der Waals surface area contributed by atoms with Crippen molar-refractivity contribution in [2.75, 3.05) is 0 Å². The van der Waals surface area contributed by atoms with E-state index in [0.29, 0.717) is 23.2 Å². The average Bonchev–Trinajstić information content (AvgIpc) is 2.78. The first-order chi connectivity index (χ1) is 11.3. The SMILES string of the molecule is CC(=O)[C@@H]1[C@H](O)C[C@@H]2[C@@H]3CC[C@H]4C[C@H](O)CC[C@]4(C)[C@@H]3CC[C@@]21C. The van der Waals surface area contributed by atoms with Crippen LogP contribution in [0.3, 0.4) is 0 Å². The van der Waals surface area contributed by atoms with Crippen LogP contribution in [0.25, 0.3) is 0 Å². The summed E-state index contributed by atoms with van der Waals surface area (Å²) in [6.45, 7) is 6.44. The van der Waals surface area contributed by atoms with Gasteiger partial charge in [0, 0.05) is 5.92 Å². The zero-order valence-electron chi connectivity index (χ0n) is 15.5. The molecule has 24 heavy (non-hydrogen) atoms. The Balaban J connectivity index is 1.64. The summed E-state index contributed by atoms with van der Waals surface area (Å²) in [5.41, 5.74) is 0.368. The van der Waals surface area contributed by atoms with Gasteiger partial charge in [0.25, 0.3) is 0 Å². The third kappa shape index (κ3) is 2.19. The van der Waals surface area contributed by atoms with E-state index in [-0.39, 0.29) is 23.2 Å². The Morgan fingerprint density at radius 1 is 0.917 bits per heavy atom. The minimum atomic E-state index is -0.435. The molecule has 0 unspecified atom stereocenters. The average molecular weight is 335 g/mol. The third-order valence-corrected chi connectivity index (χ3v) is 9.10. The zero-order chi connectivity index (χ0) is 17.3. The van der Waals surface area contributed by atoms with Crippen molar-refractivity contribution in [3.63, 3.8) is 0 Å². The molecular weight excluding hydrogens is 300 g/mol. The zero-order valence-corrected chi connectivity index (χ0v) is 15.5. The van der Waals surface area contributed by atoms with E-state index in [2.05, 4.69) is 13.8 Å². The van der Waals surface area contributed by atoms with E-state index >= 15 is 0 Å². The van der Waals surface area contributed by atoms with E-state index in [1.165, 1.54) is 19.3 Å². The maximum Gasteiger partial charge on any atom is 0.136 e. The molecule has 3 heteroatoms. The van der Waals surface area contributed by atoms with Gasteiger partial charge in [0.2, 0.25) is 0 Å². The highest BCUT2D eigenvalue weighted by atomic mass is 16.3. The number of hydrogen-bond donors (Lipinski definition) is 2. The van der Waals surface area contributed by atoms with E-state index in [4.69, 9.17) is 0 Å². The van der Waals surface area contributed by atoms with Crippen LogP contribution in [-0.2, 0) is 4.79 Å². The molecular formula is C21H34O3. The summed E-state index contributed by atoms with van der Waals surface area (Å²) in [6.07, 6.45) is 8.14. The van der Waals surface area contributed by atoms with E-state index in [0.717, 1.165) is 38.0 Å². The van der Waals surface area contributed by atoms with Crippen molar-refractivity contribution in [3.8, 4) is 0 Å². The second kappa shape index (κ2) is 5.54. The maximum absolute atomic E-state index is 12.2. The van der Waals surface area contributed by atoms with E-state index in [9.17, 15) is 15.0 Å². The summed E-state index contributed by atoms with van der Waals surface area (Å²) in [5, 5.41) is 20.7. The van der Waals surface area contributed by atoms with Crippen LogP contribution in [0.5, 0.6) is 0 Å².